The molecule has 0 radical (unpaired) electrons. The van der Waals surface area contributed by atoms with Gasteiger partial charge in [0.25, 0.3) is 5.52 Å². The number of hydrogen-bond acceptors (Lipinski definition) is 5. The number of nitrogens with zero attached hydrogens (tertiary/aromatic N) is 3. The molecule has 0 amide bonds. The zero-order valence-corrected chi connectivity index (χ0v) is 10.6. The molecule has 6 heteroatoms. The van der Waals surface area contributed by atoms with Gasteiger partial charge >= 0.3 is 6.01 Å². The highest BCUT2D eigenvalue weighted by Gasteiger charge is 2.12. The fourth-order valence-electron chi connectivity index (χ4n) is 1.80. The first-order chi connectivity index (χ1) is 9.61. The molecule has 0 aliphatic heterocycles. The maximum atomic E-state index is 11.8. The number of rotatable bonds is 2. The van der Waals surface area contributed by atoms with E-state index in [2.05, 4.69) is 10.1 Å². The first-order valence-corrected chi connectivity index (χ1v) is 5.97. The Balaban J connectivity index is 2.00. The fraction of sp³-hybridized carbons (Fsp3) is 0.0714. The summed E-state index contributed by atoms with van der Waals surface area (Å²) in [5.41, 5.74) is 1.86. The predicted molar refractivity (Wildman–Crippen MR) is 71.4 cm³/mol. The highest BCUT2D eigenvalue weighted by atomic mass is 16.5. The van der Waals surface area contributed by atoms with Crippen LogP contribution in [0, 0.1) is 12.1 Å². The van der Waals surface area contributed by atoms with Gasteiger partial charge in [-0.1, -0.05) is 6.07 Å². The number of aromatic hydroxyl groups is 1. The van der Waals surface area contributed by atoms with Crippen molar-refractivity contribution in [3.8, 4) is 17.5 Å². The van der Waals surface area contributed by atoms with Crippen molar-refractivity contribution in [3.63, 3.8) is 0 Å². The lowest BCUT2D eigenvalue weighted by Crippen LogP contribution is -2.32. The van der Waals surface area contributed by atoms with E-state index in [1.807, 2.05) is 13.0 Å². The molecule has 3 aromatic rings. The molecule has 0 spiro atoms. The van der Waals surface area contributed by atoms with E-state index in [4.69, 9.17) is 4.74 Å². The van der Waals surface area contributed by atoms with E-state index in [0.29, 0.717) is 21.6 Å². The second-order valence-electron chi connectivity index (χ2n) is 4.36. The van der Waals surface area contributed by atoms with Crippen molar-refractivity contribution in [3.05, 3.63) is 53.2 Å². The van der Waals surface area contributed by atoms with Crippen molar-refractivity contribution >= 4 is 11.0 Å². The predicted octanol–water partition coefficient (Wildman–Crippen LogP) is 2.07. The molecule has 0 atom stereocenters. The van der Waals surface area contributed by atoms with E-state index in [-0.39, 0.29) is 11.8 Å². The monoisotopic (exact) mass is 269 g/mol. The van der Waals surface area contributed by atoms with Crippen LogP contribution in [0.4, 0.5) is 0 Å². The van der Waals surface area contributed by atoms with Crippen molar-refractivity contribution in [2.45, 2.75) is 6.92 Å². The van der Waals surface area contributed by atoms with Crippen molar-refractivity contribution in [2.75, 3.05) is 0 Å². The molecule has 0 saturated carbocycles. The summed E-state index contributed by atoms with van der Waals surface area (Å²) >= 11 is 0. The molecular weight excluding hydrogens is 258 g/mol. The van der Waals surface area contributed by atoms with Gasteiger partial charge in [-0.15, -0.1) is 0 Å². The average molecular weight is 269 g/mol. The second kappa shape index (κ2) is 4.65. The molecule has 0 bridgehead atoms. The van der Waals surface area contributed by atoms with Gasteiger partial charge in [0.1, 0.15) is 17.0 Å². The van der Waals surface area contributed by atoms with E-state index < -0.39 is 0 Å². The summed E-state index contributed by atoms with van der Waals surface area (Å²) in [7, 11) is 0. The minimum absolute atomic E-state index is 0.0398. The smallest absolute Gasteiger partial charge is 0.386 e. The van der Waals surface area contributed by atoms with E-state index in [0.717, 1.165) is 5.56 Å². The Morgan fingerprint density at radius 3 is 2.65 bits per heavy atom. The first kappa shape index (κ1) is 12.2. The Bertz CT molecular complexity index is 772. The largest absolute Gasteiger partial charge is 0.594 e. The van der Waals surface area contributed by atoms with Gasteiger partial charge in [0, 0.05) is 6.07 Å². The zero-order valence-electron chi connectivity index (χ0n) is 10.6. The Kier molecular flexibility index (Phi) is 2.83. The van der Waals surface area contributed by atoms with E-state index in [1.165, 1.54) is 12.1 Å². The molecule has 0 aliphatic rings. The van der Waals surface area contributed by atoms with Crippen LogP contribution in [0.1, 0.15) is 5.56 Å². The summed E-state index contributed by atoms with van der Waals surface area (Å²) in [6.45, 7) is 1.89. The number of aryl methyl sites for hydroxylation is 1. The molecule has 20 heavy (non-hydrogen) atoms. The van der Waals surface area contributed by atoms with Crippen LogP contribution in [-0.4, -0.2) is 15.2 Å². The Morgan fingerprint density at radius 2 is 1.90 bits per heavy atom. The summed E-state index contributed by atoms with van der Waals surface area (Å²) in [6.07, 6.45) is 0. The summed E-state index contributed by atoms with van der Waals surface area (Å²) in [4.78, 5) is 4.67. The maximum Gasteiger partial charge on any atom is 0.386 e. The normalized spacial score (nSPS) is 10.7. The standard InChI is InChI=1S/C14H11N3O3/c1-9-2-7-12-13(8-9)17(19)16-14(15-12)20-11-5-3-10(18)4-6-11/h2-8,18H,1H3. The average Bonchev–Trinajstić information content (AvgIpc) is 2.42. The van der Waals surface area contributed by atoms with Crippen LogP contribution in [0.5, 0.6) is 17.5 Å². The molecule has 1 N–H and O–H groups in total. The molecule has 100 valence electrons. The fourth-order valence-corrected chi connectivity index (χ4v) is 1.80. The van der Waals surface area contributed by atoms with Crippen molar-refractivity contribution in [2.24, 2.45) is 0 Å². The Morgan fingerprint density at radius 1 is 1.15 bits per heavy atom. The number of phenols is 1. The lowest BCUT2D eigenvalue weighted by atomic mass is 10.2. The highest BCUT2D eigenvalue weighted by Crippen LogP contribution is 2.21. The minimum Gasteiger partial charge on any atom is -0.594 e. The Hall–Kier alpha value is -2.89. The third-order valence-electron chi connectivity index (χ3n) is 2.78. The third-order valence-corrected chi connectivity index (χ3v) is 2.78. The van der Waals surface area contributed by atoms with Crippen molar-refractivity contribution in [1.82, 2.24) is 10.1 Å². The van der Waals surface area contributed by atoms with Crippen molar-refractivity contribution in [1.29, 1.82) is 0 Å². The number of benzene rings is 2. The Labute approximate surface area is 114 Å². The van der Waals surface area contributed by atoms with E-state index >= 15 is 0 Å². The summed E-state index contributed by atoms with van der Waals surface area (Å²) < 4.78 is 5.40. The van der Waals surface area contributed by atoms with Crippen LogP contribution in [-0.2, 0) is 0 Å². The lowest BCUT2D eigenvalue weighted by Gasteiger charge is -2.04. The number of aromatic nitrogens is 3. The van der Waals surface area contributed by atoms with Crippen LogP contribution < -0.4 is 9.58 Å². The summed E-state index contributed by atoms with van der Waals surface area (Å²) in [5, 5.41) is 24.8. The molecule has 6 nitrogen and oxygen atoms in total. The molecule has 0 unspecified atom stereocenters. The quantitative estimate of drug-likeness (QED) is 0.569. The van der Waals surface area contributed by atoms with Crippen molar-refractivity contribution < 1.29 is 14.7 Å². The number of hydrogen-bond donors (Lipinski definition) is 1. The van der Waals surface area contributed by atoms with Gasteiger partial charge < -0.3 is 15.1 Å². The van der Waals surface area contributed by atoms with Crippen LogP contribution in [0.25, 0.3) is 11.0 Å². The first-order valence-electron chi connectivity index (χ1n) is 5.97. The van der Waals surface area contributed by atoms with Gasteiger partial charge in [-0.05, 0) is 47.7 Å². The van der Waals surface area contributed by atoms with Gasteiger partial charge in [-0.25, -0.2) is 0 Å². The van der Waals surface area contributed by atoms with E-state index in [9.17, 15) is 10.3 Å². The molecular formula is C14H11N3O3. The maximum absolute atomic E-state index is 11.8. The van der Waals surface area contributed by atoms with Crippen LogP contribution in [0.15, 0.2) is 42.5 Å². The van der Waals surface area contributed by atoms with E-state index in [1.54, 1.807) is 24.3 Å². The zero-order chi connectivity index (χ0) is 14.1. The highest BCUT2D eigenvalue weighted by molar-refractivity contribution is 5.71. The topological polar surface area (TPSA) is 82.2 Å². The summed E-state index contributed by atoms with van der Waals surface area (Å²) in [6, 6.07) is 11.4. The number of phenolic OH excluding ortho intramolecular Hbond substituents is 1. The molecule has 2 aromatic carbocycles. The van der Waals surface area contributed by atoms with Gasteiger partial charge in [-0.3, -0.25) is 0 Å². The lowest BCUT2D eigenvalue weighted by molar-refractivity contribution is -0.643. The van der Waals surface area contributed by atoms with Crippen LogP contribution >= 0.6 is 0 Å². The van der Waals surface area contributed by atoms with Gasteiger partial charge in [0.15, 0.2) is 0 Å². The molecule has 0 saturated heterocycles. The molecule has 0 fully saturated rings. The van der Waals surface area contributed by atoms with Crippen LogP contribution in [0.2, 0.25) is 0 Å². The molecule has 0 aliphatic carbocycles. The van der Waals surface area contributed by atoms with Crippen LogP contribution in [0.3, 0.4) is 0 Å². The SMILES string of the molecule is Cc1ccc2nc(Oc3ccc(O)cc3)n[n+]([O-])c2c1. The minimum atomic E-state index is -0.0398. The third kappa shape index (κ3) is 2.31. The van der Waals surface area contributed by atoms with Gasteiger partial charge in [0.2, 0.25) is 0 Å². The van der Waals surface area contributed by atoms with Gasteiger partial charge in [-0.2, -0.15) is 4.98 Å². The second-order valence-corrected chi connectivity index (χ2v) is 4.36. The number of ether oxygens (including phenoxy) is 1. The number of fused-ring (bicyclic) bond motifs is 1. The van der Waals surface area contributed by atoms with Gasteiger partial charge in [0.05, 0.1) is 5.10 Å². The summed E-state index contributed by atoms with van der Waals surface area (Å²) in [5.74, 6) is 0.570. The molecule has 1 aromatic heterocycles. The molecule has 3 rings (SSSR count). The molecule has 1 heterocycles.